The number of carbonyl (C=O) groups excluding carboxylic acids is 1. The average molecular weight is 574 g/mol. The Kier molecular flexibility index (Phi) is 8.78. The van der Waals surface area contributed by atoms with Crippen LogP contribution in [-0.2, 0) is 24.8 Å². The van der Waals surface area contributed by atoms with Crippen molar-refractivity contribution >= 4 is 37.3 Å². The fourth-order valence-electron chi connectivity index (χ4n) is 4.22. The summed E-state index contributed by atoms with van der Waals surface area (Å²) in [4.78, 5) is 13.0. The highest BCUT2D eigenvalue weighted by Gasteiger charge is 2.27. The molecule has 1 fully saturated rings. The Hall–Kier alpha value is -3.61. The number of anilines is 2. The molecule has 0 bridgehead atoms. The van der Waals surface area contributed by atoms with E-state index in [-0.39, 0.29) is 22.0 Å². The maximum Gasteiger partial charge on any atom is 0.245 e. The number of ether oxygens (including phenoxy) is 2. The number of benzene rings is 3. The molecule has 1 saturated heterocycles. The molecule has 1 amide bonds. The summed E-state index contributed by atoms with van der Waals surface area (Å²) < 4.78 is 64.9. The zero-order valence-corrected chi connectivity index (χ0v) is 23.4. The SMILES string of the molecule is COc1ccc(S(=O)(=O)N2CCCCC2)cc1NC(=O)CN(c1ccc(Oc2ccccc2)cc1)S(C)(=O)=O. The van der Waals surface area contributed by atoms with Crippen molar-refractivity contribution in [3.8, 4) is 17.2 Å². The van der Waals surface area contributed by atoms with Crippen molar-refractivity contribution in [3.63, 3.8) is 0 Å². The van der Waals surface area contributed by atoms with E-state index < -0.39 is 32.5 Å². The van der Waals surface area contributed by atoms with Crippen LogP contribution in [0.5, 0.6) is 17.2 Å². The van der Waals surface area contributed by atoms with Crippen LogP contribution in [0.1, 0.15) is 19.3 Å². The molecule has 3 aromatic carbocycles. The molecule has 12 heteroatoms. The molecular formula is C27H31N3O7S2. The zero-order valence-electron chi connectivity index (χ0n) is 21.7. The minimum absolute atomic E-state index is 0.0227. The fraction of sp³-hybridized carbons (Fsp3) is 0.296. The summed E-state index contributed by atoms with van der Waals surface area (Å²) in [5.41, 5.74) is 0.391. The molecule has 4 rings (SSSR count). The summed E-state index contributed by atoms with van der Waals surface area (Å²) in [5.74, 6) is 0.701. The van der Waals surface area contributed by atoms with Crippen LogP contribution in [0.3, 0.4) is 0 Å². The number of nitrogens with one attached hydrogen (secondary N) is 1. The van der Waals surface area contributed by atoms with Gasteiger partial charge in [-0.2, -0.15) is 4.31 Å². The van der Waals surface area contributed by atoms with Crippen LogP contribution < -0.4 is 19.1 Å². The molecule has 0 aliphatic carbocycles. The third kappa shape index (κ3) is 7.08. The van der Waals surface area contributed by atoms with Gasteiger partial charge in [0.1, 0.15) is 23.8 Å². The lowest BCUT2D eigenvalue weighted by atomic mass is 10.2. The summed E-state index contributed by atoms with van der Waals surface area (Å²) in [5, 5.41) is 2.62. The second-order valence-electron chi connectivity index (χ2n) is 9.05. The highest BCUT2D eigenvalue weighted by Crippen LogP contribution is 2.31. The van der Waals surface area contributed by atoms with E-state index in [4.69, 9.17) is 9.47 Å². The summed E-state index contributed by atoms with van der Waals surface area (Å²) in [7, 11) is -6.20. The topological polar surface area (TPSA) is 122 Å². The molecule has 0 atom stereocenters. The lowest BCUT2D eigenvalue weighted by Crippen LogP contribution is -2.37. The highest BCUT2D eigenvalue weighted by molar-refractivity contribution is 7.92. The Morgan fingerprint density at radius 1 is 0.897 bits per heavy atom. The molecule has 0 aromatic heterocycles. The van der Waals surface area contributed by atoms with E-state index in [1.165, 1.54) is 29.6 Å². The van der Waals surface area contributed by atoms with E-state index in [1.807, 2.05) is 18.2 Å². The molecule has 10 nitrogen and oxygen atoms in total. The first-order valence-electron chi connectivity index (χ1n) is 12.4. The van der Waals surface area contributed by atoms with Gasteiger partial charge in [0, 0.05) is 13.1 Å². The highest BCUT2D eigenvalue weighted by atomic mass is 32.2. The van der Waals surface area contributed by atoms with Crippen molar-refractivity contribution in [3.05, 3.63) is 72.8 Å². The van der Waals surface area contributed by atoms with Gasteiger partial charge in [-0.05, 0) is 67.4 Å². The monoisotopic (exact) mass is 573 g/mol. The van der Waals surface area contributed by atoms with Crippen molar-refractivity contribution in [2.75, 3.05) is 42.6 Å². The Labute approximate surface area is 229 Å². The van der Waals surface area contributed by atoms with Crippen LogP contribution in [0.25, 0.3) is 0 Å². The number of hydrogen-bond acceptors (Lipinski definition) is 7. The van der Waals surface area contributed by atoms with Crippen LogP contribution in [0, 0.1) is 0 Å². The van der Waals surface area contributed by atoms with E-state index in [1.54, 1.807) is 36.4 Å². The molecule has 0 saturated carbocycles. The predicted molar refractivity (Wildman–Crippen MR) is 149 cm³/mol. The Morgan fingerprint density at radius 2 is 1.54 bits per heavy atom. The van der Waals surface area contributed by atoms with Crippen LogP contribution >= 0.6 is 0 Å². The van der Waals surface area contributed by atoms with E-state index in [0.29, 0.717) is 24.6 Å². The van der Waals surface area contributed by atoms with Gasteiger partial charge >= 0.3 is 0 Å². The summed E-state index contributed by atoms with van der Waals surface area (Å²) in [6.07, 6.45) is 3.57. The maximum absolute atomic E-state index is 13.1. The van der Waals surface area contributed by atoms with Crippen molar-refractivity contribution in [2.45, 2.75) is 24.2 Å². The van der Waals surface area contributed by atoms with Gasteiger partial charge in [0.15, 0.2) is 0 Å². The molecule has 1 aliphatic rings. The number of sulfonamides is 2. The Morgan fingerprint density at radius 3 is 2.15 bits per heavy atom. The second-order valence-corrected chi connectivity index (χ2v) is 12.9. The summed E-state index contributed by atoms with van der Waals surface area (Å²) >= 11 is 0. The summed E-state index contributed by atoms with van der Waals surface area (Å²) in [6, 6.07) is 19.6. The van der Waals surface area contributed by atoms with Gasteiger partial charge < -0.3 is 14.8 Å². The molecule has 1 N–H and O–H groups in total. The number of hydrogen-bond donors (Lipinski definition) is 1. The van der Waals surface area contributed by atoms with Gasteiger partial charge in [-0.15, -0.1) is 0 Å². The average Bonchev–Trinajstić information content (AvgIpc) is 2.93. The standard InChI is InChI=1S/C27H31N3O7S2/c1-36-26-16-15-24(39(34,35)29-17-7-4-8-18-29)19-25(26)28-27(31)20-30(38(2,32)33)21-11-13-23(14-12-21)37-22-9-5-3-6-10-22/h3,5-6,9-16,19H,4,7-8,17-18,20H2,1-2H3,(H,28,31). The van der Waals surface area contributed by atoms with Gasteiger partial charge in [0.2, 0.25) is 26.0 Å². The van der Waals surface area contributed by atoms with E-state index >= 15 is 0 Å². The molecule has 39 heavy (non-hydrogen) atoms. The van der Waals surface area contributed by atoms with Crippen molar-refractivity contribution in [1.82, 2.24) is 4.31 Å². The molecule has 3 aromatic rings. The first kappa shape index (κ1) is 28.4. The Balaban J connectivity index is 1.52. The number of para-hydroxylation sites is 1. The second kappa shape index (κ2) is 12.1. The lowest BCUT2D eigenvalue weighted by molar-refractivity contribution is -0.114. The fourth-order valence-corrected chi connectivity index (χ4v) is 6.63. The van der Waals surface area contributed by atoms with Crippen molar-refractivity contribution < 1.29 is 31.1 Å². The largest absolute Gasteiger partial charge is 0.495 e. The quantitative estimate of drug-likeness (QED) is 0.388. The maximum atomic E-state index is 13.1. The number of nitrogens with zero attached hydrogens (tertiary/aromatic N) is 2. The molecule has 208 valence electrons. The van der Waals surface area contributed by atoms with Gasteiger partial charge in [-0.1, -0.05) is 24.6 Å². The van der Waals surface area contributed by atoms with E-state index in [2.05, 4.69) is 5.32 Å². The van der Waals surface area contributed by atoms with Crippen LogP contribution in [0.15, 0.2) is 77.7 Å². The van der Waals surface area contributed by atoms with Crippen LogP contribution in [0.2, 0.25) is 0 Å². The zero-order chi connectivity index (χ0) is 28.0. The van der Waals surface area contributed by atoms with Crippen molar-refractivity contribution in [2.24, 2.45) is 0 Å². The minimum Gasteiger partial charge on any atom is -0.495 e. The molecule has 1 aliphatic heterocycles. The van der Waals surface area contributed by atoms with Crippen LogP contribution in [0.4, 0.5) is 11.4 Å². The van der Waals surface area contributed by atoms with Crippen LogP contribution in [-0.4, -0.2) is 60.0 Å². The van der Waals surface area contributed by atoms with Gasteiger partial charge in [0.25, 0.3) is 0 Å². The van der Waals surface area contributed by atoms with Gasteiger partial charge in [0.05, 0.1) is 29.6 Å². The predicted octanol–water partition coefficient (Wildman–Crippen LogP) is 4.07. The number of rotatable bonds is 10. The lowest BCUT2D eigenvalue weighted by Gasteiger charge is -2.26. The van der Waals surface area contributed by atoms with Crippen molar-refractivity contribution in [1.29, 1.82) is 0 Å². The van der Waals surface area contributed by atoms with E-state index in [0.717, 1.165) is 29.8 Å². The first-order chi connectivity index (χ1) is 18.6. The van der Waals surface area contributed by atoms with Gasteiger partial charge in [-0.3, -0.25) is 9.10 Å². The van der Waals surface area contributed by atoms with E-state index in [9.17, 15) is 21.6 Å². The molecular weight excluding hydrogens is 542 g/mol. The number of methoxy groups -OCH3 is 1. The normalized spacial score (nSPS) is 14.4. The molecule has 0 radical (unpaired) electrons. The smallest absolute Gasteiger partial charge is 0.245 e. The third-order valence-electron chi connectivity index (χ3n) is 6.19. The molecule has 1 heterocycles. The Bertz CT molecular complexity index is 1500. The van der Waals surface area contributed by atoms with Gasteiger partial charge in [-0.25, -0.2) is 16.8 Å². The number of carbonyl (C=O) groups is 1. The first-order valence-corrected chi connectivity index (χ1v) is 15.7. The number of piperidine rings is 1. The molecule has 0 unspecified atom stereocenters. The third-order valence-corrected chi connectivity index (χ3v) is 9.22. The minimum atomic E-state index is -3.84. The summed E-state index contributed by atoms with van der Waals surface area (Å²) in [6.45, 7) is 0.340. The molecule has 0 spiro atoms. The number of amides is 1.